The van der Waals surface area contributed by atoms with Crippen LogP contribution in [0.1, 0.15) is 24.4 Å². The minimum atomic E-state index is 0.474. The third kappa shape index (κ3) is 3.64. The Labute approximate surface area is 127 Å². The van der Waals surface area contributed by atoms with Crippen LogP contribution in [-0.2, 0) is 4.74 Å². The van der Waals surface area contributed by atoms with Gasteiger partial charge in [-0.3, -0.25) is 9.80 Å². The fraction of sp³-hybridized carbons (Fsp3) is 0.647. The fourth-order valence-corrected chi connectivity index (χ4v) is 3.68. The van der Waals surface area contributed by atoms with Crippen LogP contribution in [0.3, 0.4) is 0 Å². The molecule has 2 atom stereocenters. The second-order valence-electron chi connectivity index (χ2n) is 6.09. The number of nitrogens with zero attached hydrogens (tertiary/aromatic N) is 2. The normalized spacial score (nSPS) is 26.0. The van der Waals surface area contributed by atoms with Crippen LogP contribution >= 0.6 is 0 Å². The van der Waals surface area contributed by atoms with Gasteiger partial charge in [0.1, 0.15) is 0 Å². The number of likely N-dealkylation sites (tertiary alicyclic amines) is 1. The van der Waals surface area contributed by atoms with E-state index in [1.165, 1.54) is 25.1 Å². The van der Waals surface area contributed by atoms with Crippen LogP contribution in [-0.4, -0.2) is 61.8 Å². The molecule has 0 spiro atoms. The molecular formula is C17H27N3O. The Kier molecular flexibility index (Phi) is 5.25. The molecule has 2 saturated heterocycles. The van der Waals surface area contributed by atoms with Crippen molar-refractivity contribution >= 4 is 0 Å². The van der Waals surface area contributed by atoms with Crippen molar-refractivity contribution in [2.24, 2.45) is 5.73 Å². The lowest BCUT2D eigenvalue weighted by Crippen LogP contribution is -2.45. The molecule has 2 heterocycles. The third-order valence-electron chi connectivity index (χ3n) is 4.82. The van der Waals surface area contributed by atoms with Crippen LogP contribution in [0.25, 0.3) is 0 Å². The van der Waals surface area contributed by atoms with Crippen molar-refractivity contribution in [1.29, 1.82) is 0 Å². The number of hydrogen-bond acceptors (Lipinski definition) is 4. The minimum Gasteiger partial charge on any atom is -0.379 e. The third-order valence-corrected chi connectivity index (χ3v) is 4.82. The van der Waals surface area contributed by atoms with Crippen molar-refractivity contribution in [3.63, 3.8) is 0 Å². The van der Waals surface area contributed by atoms with Crippen LogP contribution in [0, 0.1) is 0 Å². The van der Waals surface area contributed by atoms with E-state index in [1.807, 2.05) is 0 Å². The molecule has 4 heteroatoms. The van der Waals surface area contributed by atoms with E-state index < -0.39 is 0 Å². The first kappa shape index (κ1) is 15.0. The lowest BCUT2D eigenvalue weighted by atomic mass is 10.0. The maximum atomic E-state index is 5.86. The van der Waals surface area contributed by atoms with Gasteiger partial charge in [-0.15, -0.1) is 0 Å². The van der Waals surface area contributed by atoms with Crippen LogP contribution in [0.4, 0.5) is 0 Å². The van der Waals surface area contributed by atoms with Gasteiger partial charge in [-0.2, -0.15) is 0 Å². The second kappa shape index (κ2) is 7.36. The summed E-state index contributed by atoms with van der Waals surface area (Å²) in [5, 5.41) is 0. The molecular weight excluding hydrogens is 262 g/mol. The molecule has 0 amide bonds. The molecule has 1 aromatic carbocycles. The van der Waals surface area contributed by atoms with Crippen molar-refractivity contribution < 1.29 is 4.74 Å². The monoisotopic (exact) mass is 289 g/mol. The fourth-order valence-electron chi connectivity index (χ4n) is 3.68. The molecule has 2 aliphatic heterocycles. The molecule has 3 rings (SSSR count). The largest absolute Gasteiger partial charge is 0.379 e. The zero-order valence-corrected chi connectivity index (χ0v) is 12.8. The second-order valence-corrected chi connectivity index (χ2v) is 6.09. The van der Waals surface area contributed by atoms with Gasteiger partial charge in [0.15, 0.2) is 0 Å². The van der Waals surface area contributed by atoms with E-state index in [0.29, 0.717) is 12.1 Å². The summed E-state index contributed by atoms with van der Waals surface area (Å²) in [4.78, 5) is 5.23. The minimum absolute atomic E-state index is 0.474. The Bertz CT molecular complexity index is 419. The standard InChI is InChI=1S/C17H27N3O/c18-8-6-17(15-4-2-1-3-5-15)20-9-7-16(14-20)19-10-12-21-13-11-19/h1-5,16-17H,6-14,18H2. The average molecular weight is 289 g/mol. The van der Waals surface area contributed by atoms with E-state index in [4.69, 9.17) is 10.5 Å². The number of rotatable bonds is 5. The summed E-state index contributed by atoms with van der Waals surface area (Å²) in [5.41, 5.74) is 7.27. The summed E-state index contributed by atoms with van der Waals surface area (Å²) in [6.07, 6.45) is 2.31. The van der Waals surface area contributed by atoms with Crippen molar-refractivity contribution in [2.45, 2.75) is 24.9 Å². The van der Waals surface area contributed by atoms with Crippen LogP contribution in [0.2, 0.25) is 0 Å². The lowest BCUT2D eigenvalue weighted by Gasteiger charge is -2.33. The van der Waals surface area contributed by atoms with E-state index in [-0.39, 0.29) is 0 Å². The maximum absolute atomic E-state index is 5.86. The first-order valence-electron chi connectivity index (χ1n) is 8.19. The van der Waals surface area contributed by atoms with Gasteiger partial charge in [0, 0.05) is 38.3 Å². The first-order chi connectivity index (χ1) is 10.4. The van der Waals surface area contributed by atoms with E-state index in [0.717, 1.165) is 39.3 Å². The molecule has 0 radical (unpaired) electrons. The molecule has 2 N–H and O–H groups in total. The highest BCUT2D eigenvalue weighted by atomic mass is 16.5. The highest BCUT2D eigenvalue weighted by molar-refractivity contribution is 5.19. The highest BCUT2D eigenvalue weighted by Crippen LogP contribution is 2.29. The molecule has 1 aromatic rings. The smallest absolute Gasteiger partial charge is 0.0594 e. The summed E-state index contributed by atoms with van der Waals surface area (Å²) in [5.74, 6) is 0. The van der Waals surface area contributed by atoms with Gasteiger partial charge in [0.25, 0.3) is 0 Å². The van der Waals surface area contributed by atoms with Gasteiger partial charge in [-0.25, -0.2) is 0 Å². The molecule has 0 bridgehead atoms. The lowest BCUT2D eigenvalue weighted by molar-refractivity contribution is 0.0175. The van der Waals surface area contributed by atoms with Gasteiger partial charge in [-0.1, -0.05) is 30.3 Å². The summed E-state index contributed by atoms with van der Waals surface area (Å²) < 4.78 is 5.47. The summed E-state index contributed by atoms with van der Waals surface area (Å²) in [7, 11) is 0. The molecule has 0 aliphatic carbocycles. The first-order valence-corrected chi connectivity index (χ1v) is 8.19. The van der Waals surface area contributed by atoms with Gasteiger partial charge in [0.2, 0.25) is 0 Å². The van der Waals surface area contributed by atoms with Crippen molar-refractivity contribution in [3.8, 4) is 0 Å². The summed E-state index contributed by atoms with van der Waals surface area (Å²) in [6, 6.07) is 12.0. The predicted octanol–water partition coefficient (Wildman–Crippen LogP) is 1.48. The molecule has 21 heavy (non-hydrogen) atoms. The number of hydrogen-bond donors (Lipinski definition) is 1. The Balaban J connectivity index is 1.64. The quantitative estimate of drug-likeness (QED) is 0.891. The van der Waals surface area contributed by atoms with Gasteiger partial charge in [-0.05, 0) is 24.9 Å². The van der Waals surface area contributed by atoms with Crippen LogP contribution < -0.4 is 5.73 Å². The topological polar surface area (TPSA) is 41.7 Å². The van der Waals surface area contributed by atoms with Crippen molar-refractivity contribution in [3.05, 3.63) is 35.9 Å². The van der Waals surface area contributed by atoms with Gasteiger partial charge < -0.3 is 10.5 Å². The summed E-state index contributed by atoms with van der Waals surface area (Å²) in [6.45, 7) is 7.05. The number of ether oxygens (including phenoxy) is 1. The van der Waals surface area contributed by atoms with E-state index in [2.05, 4.69) is 40.1 Å². The number of nitrogens with two attached hydrogens (primary N) is 1. The van der Waals surface area contributed by atoms with Gasteiger partial charge in [0.05, 0.1) is 13.2 Å². The van der Waals surface area contributed by atoms with Gasteiger partial charge >= 0.3 is 0 Å². The SMILES string of the molecule is NCCC(c1ccccc1)N1CCC(N2CCOCC2)C1. The van der Waals surface area contributed by atoms with Crippen molar-refractivity contribution in [2.75, 3.05) is 45.9 Å². The molecule has 2 aliphatic rings. The zero-order chi connectivity index (χ0) is 14.5. The van der Waals surface area contributed by atoms with Crippen molar-refractivity contribution in [1.82, 2.24) is 9.80 Å². The number of benzene rings is 1. The Morgan fingerprint density at radius 3 is 2.62 bits per heavy atom. The zero-order valence-electron chi connectivity index (χ0n) is 12.8. The molecule has 4 nitrogen and oxygen atoms in total. The number of morpholine rings is 1. The predicted molar refractivity (Wildman–Crippen MR) is 85.2 cm³/mol. The Morgan fingerprint density at radius 2 is 1.90 bits per heavy atom. The van der Waals surface area contributed by atoms with Crippen LogP contribution in [0.15, 0.2) is 30.3 Å². The highest BCUT2D eigenvalue weighted by Gasteiger charge is 2.32. The van der Waals surface area contributed by atoms with Crippen LogP contribution in [0.5, 0.6) is 0 Å². The molecule has 116 valence electrons. The molecule has 2 unspecified atom stereocenters. The van der Waals surface area contributed by atoms with E-state index in [9.17, 15) is 0 Å². The van der Waals surface area contributed by atoms with E-state index >= 15 is 0 Å². The Hall–Kier alpha value is -0.940. The molecule has 0 aromatic heterocycles. The molecule has 0 saturated carbocycles. The average Bonchev–Trinajstić information content (AvgIpc) is 3.04. The summed E-state index contributed by atoms with van der Waals surface area (Å²) >= 11 is 0. The molecule has 2 fully saturated rings. The van der Waals surface area contributed by atoms with E-state index in [1.54, 1.807) is 0 Å². The maximum Gasteiger partial charge on any atom is 0.0594 e. The Morgan fingerprint density at radius 1 is 1.14 bits per heavy atom.